The molecule has 0 heterocycles. The summed E-state index contributed by atoms with van der Waals surface area (Å²) in [5, 5.41) is 0.744. The number of anilines is 1. The van der Waals surface area contributed by atoms with Gasteiger partial charge >= 0.3 is 0 Å². The minimum Gasteiger partial charge on any atom is -0.399 e. The normalized spacial score (nSPS) is 23.1. The highest BCUT2D eigenvalue weighted by Crippen LogP contribution is 2.31. The van der Waals surface area contributed by atoms with E-state index in [1.54, 1.807) is 6.07 Å². The Morgan fingerprint density at radius 1 is 1.45 bits per heavy atom. The molecule has 0 aromatic heterocycles. The summed E-state index contributed by atoms with van der Waals surface area (Å²) >= 11 is 7.85. The van der Waals surface area contributed by atoms with E-state index in [4.69, 9.17) is 17.3 Å². The summed E-state index contributed by atoms with van der Waals surface area (Å²) in [6.45, 7) is 2.12. The summed E-state index contributed by atoms with van der Waals surface area (Å²) < 4.78 is 27.5. The van der Waals surface area contributed by atoms with Crippen LogP contribution >= 0.6 is 23.4 Å². The van der Waals surface area contributed by atoms with Crippen molar-refractivity contribution in [2.45, 2.75) is 42.4 Å². The largest absolute Gasteiger partial charge is 0.399 e. The molecule has 1 aliphatic carbocycles. The third-order valence-electron chi connectivity index (χ3n) is 3.35. The van der Waals surface area contributed by atoms with Crippen molar-refractivity contribution < 1.29 is 8.42 Å². The molecule has 7 heteroatoms. The Bertz CT molecular complexity index is 578. The molecule has 3 N–H and O–H groups in total. The van der Waals surface area contributed by atoms with Crippen LogP contribution in [0.4, 0.5) is 5.69 Å². The summed E-state index contributed by atoms with van der Waals surface area (Å²) in [6.07, 6.45) is 2.80. The molecule has 1 fully saturated rings. The zero-order valence-corrected chi connectivity index (χ0v) is 13.7. The van der Waals surface area contributed by atoms with E-state index in [0.29, 0.717) is 10.9 Å². The molecular weight excluding hydrogens is 316 g/mol. The predicted octanol–water partition coefficient (Wildman–Crippen LogP) is 2.87. The molecule has 2 rings (SSSR count). The topological polar surface area (TPSA) is 72.2 Å². The second kappa shape index (κ2) is 6.56. The van der Waals surface area contributed by atoms with E-state index in [-0.39, 0.29) is 16.0 Å². The number of benzene rings is 1. The third-order valence-corrected chi connectivity index (χ3v) is 6.59. The quantitative estimate of drug-likeness (QED) is 0.812. The average Bonchev–Trinajstić information content (AvgIpc) is 2.79. The van der Waals surface area contributed by atoms with Gasteiger partial charge in [0.25, 0.3) is 0 Å². The first-order valence-corrected chi connectivity index (χ1v) is 9.52. The number of hydrogen-bond acceptors (Lipinski definition) is 4. The minimum atomic E-state index is -3.61. The van der Waals surface area contributed by atoms with E-state index in [1.807, 2.05) is 11.8 Å². The Balaban J connectivity index is 2.10. The van der Waals surface area contributed by atoms with Crippen LogP contribution in [0.25, 0.3) is 0 Å². The molecule has 112 valence electrons. The van der Waals surface area contributed by atoms with Crippen molar-refractivity contribution in [2.24, 2.45) is 0 Å². The van der Waals surface area contributed by atoms with Gasteiger partial charge in [-0.1, -0.05) is 18.5 Å². The SMILES string of the molecule is CCSC1CCC(NS(=O)(=O)c2cc(N)ccc2Cl)C1. The fourth-order valence-corrected chi connectivity index (χ4v) is 5.40. The van der Waals surface area contributed by atoms with E-state index < -0.39 is 10.0 Å². The maximum atomic E-state index is 12.4. The molecule has 0 bridgehead atoms. The molecular formula is C13H19ClN2O2S2. The maximum Gasteiger partial charge on any atom is 0.242 e. The van der Waals surface area contributed by atoms with E-state index in [9.17, 15) is 8.42 Å². The van der Waals surface area contributed by atoms with Crippen molar-refractivity contribution in [1.82, 2.24) is 4.72 Å². The summed E-state index contributed by atoms with van der Waals surface area (Å²) in [5.41, 5.74) is 6.03. The molecule has 0 saturated heterocycles. The first-order chi connectivity index (χ1) is 9.42. The Kier molecular flexibility index (Phi) is 5.23. The van der Waals surface area contributed by atoms with Gasteiger partial charge in [0, 0.05) is 17.0 Å². The highest BCUT2D eigenvalue weighted by atomic mass is 35.5. The first-order valence-electron chi connectivity index (χ1n) is 6.61. The van der Waals surface area contributed by atoms with Gasteiger partial charge in [-0.15, -0.1) is 0 Å². The van der Waals surface area contributed by atoms with Crippen LogP contribution in [0, 0.1) is 0 Å². The number of rotatable bonds is 5. The van der Waals surface area contributed by atoms with Crippen molar-refractivity contribution in [3.05, 3.63) is 23.2 Å². The zero-order chi connectivity index (χ0) is 14.8. The zero-order valence-electron chi connectivity index (χ0n) is 11.3. The van der Waals surface area contributed by atoms with Crippen LogP contribution in [-0.4, -0.2) is 25.5 Å². The van der Waals surface area contributed by atoms with Crippen LogP contribution in [0.15, 0.2) is 23.1 Å². The monoisotopic (exact) mass is 334 g/mol. The van der Waals surface area contributed by atoms with Gasteiger partial charge in [-0.05, 0) is 43.2 Å². The molecule has 2 unspecified atom stereocenters. The second-order valence-electron chi connectivity index (χ2n) is 4.90. The van der Waals surface area contributed by atoms with E-state index in [2.05, 4.69) is 11.6 Å². The van der Waals surface area contributed by atoms with E-state index >= 15 is 0 Å². The van der Waals surface area contributed by atoms with E-state index in [0.717, 1.165) is 25.0 Å². The Morgan fingerprint density at radius 2 is 2.20 bits per heavy atom. The smallest absolute Gasteiger partial charge is 0.242 e. The highest BCUT2D eigenvalue weighted by molar-refractivity contribution is 7.99. The van der Waals surface area contributed by atoms with Crippen molar-refractivity contribution in [2.75, 3.05) is 11.5 Å². The molecule has 4 nitrogen and oxygen atoms in total. The molecule has 0 radical (unpaired) electrons. The fourth-order valence-electron chi connectivity index (χ4n) is 2.44. The molecule has 2 atom stereocenters. The summed E-state index contributed by atoms with van der Waals surface area (Å²) in [4.78, 5) is 0.0609. The molecule has 1 aromatic carbocycles. The first kappa shape index (κ1) is 15.9. The lowest BCUT2D eigenvalue weighted by molar-refractivity contribution is 0.552. The molecule has 0 amide bonds. The van der Waals surface area contributed by atoms with Crippen molar-refractivity contribution in [3.8, 4) is 0 Å². The Hall–Kier alpha value is -0.430. The van der Waals surface area contributed by atoms with Crippen LogP contribution < -0.4 is 10.5 Å². The van der Waals surface area contributed by atoms with E-state index in [1.165, 1.54) is 12.1 Å². The maximum absolute atomic E-state index is 12.4. The van der Waals surface area contributed by atoms with Crippen molar-refractivity contribution in [1.29, 1.82) is 0 Å². The molecule has 0 spiro atoms. The number of sulfonamides is 1. The summed E-state index contributed by atoms with van der Waals surface area (Å²) in [7, 11) is -3.61. The molecule has 0 aliphatic heterocycles. The van der Waals surface area contributed by atoms with Crippen molar-refractivity contribution >= 4 is 39.1 Å². The van der Waals surface area contributed by atoms with Crippen LogP contribution in [0.2, 0.25) is 5.02 Å². The van der Waals surface area contributed by atoms with Gasteiger partial charge in [0.15, 0.2) is 0 Å². The van der Waals surface area contributed by atoms with Gasteiger partial charge in [-0.25, -0.2) is 13.1 Å². The van der Waals surface area contributed by atoms with Crippen molar-refractivity contribution in [3.63, 3.8) is 0 Å². The standard InChI is InChI=1S/C13H19ClN2O2S2/c1-2-19-11-5-4-10(8-11)16-20(17,18)13-7-9(15)3-6-12(13)14/h3,6-7,10-11,16H,2,4-5,8,15H2,1H3. The van der Waals surface area contributed by atoms with Gasteiger partial charge in [0.05, 0.1) is 5.02 Å². The Morgan fingerprint density at radius 3 is 2.90 bits per heavy atom. The molecule has 20 heavy (non-hydrogen) atoms. The number of thioether (sulfide) groups is 1. The number of nitrogens with one attached hydrogen (secondary N) is 1. The summed E-state index contributed by atoms with van der Waals surface area (Å²) in [6, 6.07) is 4.49. The average molecular weight is 335 g/mol. The predicted molar refractivity (Wildman–Crippen MR) is 85.7 cm³/mol. The summed E-state index contributed by atoms with van der Waals surface area (Å²) in [5.74, 6) is 1.06. The van der Waals surface area contributed by atoms with Gasteiger partial charge in [-0.2, -0.15) is 11.8 Å². The highest BCUT2D eigenvalue weighted by Gasteiger charge is 2.29. The van der Waals surface area contributed by atoms with Crippen LogP contribution in [-0.2, 0) is 10.0 Å². The number of nitrogen functional groups attached to an aromatic ring is 1. The molecule has 1 aliphatic rings. The van der Waals surface area contributed by atoms with Gasteiger partial charge in [0.2, 0.25) is 10.0 Å². The van der Waals surface area contributed by atoms with Gasteiger partial charge in [0.1, 0.15) is 4.90 Å². The van der Waals surface area contributed by atoms with Gasteiger partial charge < -0.3 is 5.73 Å². The second-order valence-corrected chi connectivity index (χ2v) is 8.57. The lowest BCUT2D eigenvalue weighted by Gasteiger charge is -2.14. The minimum absolute atomic E-state index is 0.0125. The molecule has 1 saturated carbocycles. The van der Waals surface area contributed by atoms with Gasteiger partial charge in [-0.3, -0.25) is 0 Å². The molecule has 1 aromatic rings. The lowest BCUT2D eigenvalue weighted by atomic mass is 10.3. The lowest BCUT2D eigenvalue weighted by Crippen LogP contribution is -2.33. The third kappa shape index (κ3) is 3.81. The number of halogens is 1. The fraction of sp³-hybridized carbons (Fsp3) is 0.538. The number of hydrogen-bond donors (Lipinski definition) is 2. The van der Waals surface area contributed by atoms with Crippen LogP contribution in [0.3, 0.4) is 0 Å². The van der Waals surface area contributed by atoms with Crippen LogP contribution in [0.5, 0.6) is 0 Å². The van der Waals surface area contributed by atoms with Crippen LogP contribution in [0.1, 0.15) is 26.2 Å². The number of nitrogens with two attached hydrogens (primary N) is 1. The Labute approximate surface area is 129 Å².